The number of halogens is 2. The topological polar surface area (TPSA) is 113 Å². The van der Waals surface area contributed by atoms with Gasteiger partial charge in [-0.3, -0.25) is 0 Å². The summed E-state index contributed by atoms with van der Waals surface area (Å²) in [5.41, 5.74) is 0.302. The quantitative estimate of drug-likeness (QED) is 0.672. The molecule has 0 radical (unpaired) electrons. The molecule has 114 valence electrons. The van der Waals surface area contributed by atoms with Crippen LogP contribution in [0, 0.1) is 11.6 Å². The Morgan fingerprint density at radius 3 is 2.67 bits per heavy atom. The third-order valence-corrected chi connectivity index (χ3v) is 3.94. The molecule has 1 aromatic heterocycles. The van der Waals surface area contributed by atoms with E-state index in [1.807, 2.05) is 0 Å². The Bertz CT molecular complexity index is 719. The Morgan fingerprint density at radius 1 is 1.29 bits per heavy atom. The lowest BCUT2D eigenvalue weighted by atomic mass is 10.2. The summed E-state index contributed by atoms with van der Waals surface area (Å²) in [7, 11) is -2.64. The maximum atomic E-state index is 13.7. The van der Waals surface area contributed by atoms with Crippen LogP contribution in [0.15, 0.2) is 17.0 Å². The maximum Gasteiger partial charge on any atom is 0.244 e. The minimum absolute atomic E-state index is 0.0748. The molecular formula is C10H12F2N6O2S. The van der Waals surface area contributed by atoms with E-state index in [2.05, 4.69) is 30.7 Å². The van der Waals surface area contributed by atoms with Crippen LogP contribution in [0.2, 0.25) is 0 Å². The van der Waals surface area contributed by atoms with Gasteiger partial charge in [0.2, 0.25) is 10.0 Å². The third kappa shape index (κ3) is 3.56. The number of nitrogens with zero attached hydrogens (tertiary/aromatic N) is 3. The predicted molar refractivity (Wildman–Crippen MR) is 67.3 cm³/mol. The number of hydrogen-bond donors (Lipinski definition) is 3. The first kappa shape index (κ1) is 15.4. The SMILES string of the molecule is CNCc1cc(F)c(F)c(S(=O)(=O)NCc2nn[nH]n2)c1. The Hall–Kier alpha value is -1.98. The molecule has 0 bridgehead atoms. The summed E-state index contributed by atoms with van der Waals surface area (Å²) in [5, 5.41) is 15.2. The van der Waals surface area contributed by atoms with Crippen LogP contribution in [0.25, 0.3) is 0 Å². The zero-order chi connectivity index (χ0) is 15.5. The zero-order valence-corrected chi connectivity index (χ0v) is 11.7. The van der Waals surface area contributed by atoms with Crippen molar-refractivity contribution in [1.82, 2.24) is 30.7 Å². The molecule has 0 saturated heterocycles. The highest BCUT2D eigenvalue weighted by atomic mass is 32.2. The minimum Gasteiger partial charge on any atom is -0.316 e. The molecule has 2 rings (SSSR count). The van der Waals surface area contributed by atoms with Gasteiger partial charge in [0.05, 0.1) is 6.54 Å². The van der Waals surface area contributed by atoms with Crippen LogP contribution in [0.5, 0.6) is 0 Å². The van der Waals surface area contributed by atoms with Gasteiger partial charge in [-0.15, -0.1) is 10.2 Å². The van der Waals surface area contributed by atoms with Gasteiger partial charge in [-0.05, 0) is 24.7 Å². The van der Waals surface area contributed by atoms with Crippen molar-refractivity contribution in [1.29, 1.82) is 0 Å². The molecule has 0 atom stereocenters. The van der Waals surface area contributed by atoms with E-state index in [1.165, 1.54) is 0 Å². The van der Waals surface area contributed by atoms with Gasteiger partial charge in [-0.1, -0.05) is 5.21 Å². The van der Waals surface area contributed by atoms with E-state index in [1.54, 1.807) is 7.05 Å². The number of aromatic nitrogens is 4. The van der Waals surface area contributed by atoms with Crippen molar-refractivity contribution in [2.45, 2.75) is 18.0 Å². The highest BCUT2D eigenvalue weighted by Gasteiger charge is 2.23. The van der Waals surface area contributed by atoms with Crippen LogP contribution in [0.4, 0.5) is 8.78 Å². The van der Waals surface area contributed by atoms with Crippen LogP contribution in [0.3, 0.4) is 0 Å². The molecule has 8 nitrogen and oxygen atoms in total. The van der Waals surface area contributed by atoms with Crippen LogP contribution in [-0.2, 0) is 23.1 Å². The summed E-state index contributed by atoms with van der Waals surface area (Å²) >= 11 is 0. The van der Waals surface area contributed by atoms with E-state index in [9.17, 15) is 17.2 Å². The zero-order valence-electron chi connectivity index (χ0n) is 10.9. The lowest BCUT2D eigenvalue weighted by molar-refractivity contribution is 0.480. The number of tetrazole rings is 1. The molecule has 0 saturated carbocycles. The van der Waals surface area contributed by atoms with Gasteiger partial charge in [-0.2, -0.15) is 5.21 Å². The van der Waals surface area contributed by atoms with Crippen molar-refractivity contribution in [2.75, 3.05) is 7.05 Å². The van der Waals surface area contributed by atoms with E-state index in [0.29, 0.717) is 5.56 Å². The molecule has 0 aliphatic carbocycles. The van der Waals surface area contributed by atoms with Gasteiger partial charge in [0, 0.05) is 6.54 Å². The molecule has 0 aliphatic heterocycles. The van der Waals surface area contributed by atoms with Gasteiger partial charge in [0.25, 0.3) is 0 Å². The van der Waals surface area contributed by atoms with Crippen molar-refractivity contribution in [3.63, 3.8) is 0 Å². The summed E-state index contributed by atoms with van der Waals surface area (Å²) in [5.74, 6) is -2.59. The molecule has 1 heterocycles. The summed E-state index contributed by atoms with van der Waals surface area (Å²) < 4.78 is 53.3. The van der Waals surface area contributed by atoms with Crippen LogP contribution in [-0.4, -0.2) is 36.1 Å². The molecule has 11 heteroatoms. The van der Waals surface area contributed by atoms with E-state index in [4.69, 9.17) is 0 Å². The second kappa shape index (κ2) is 6.20. The number of rotatable bonds is 6. The smallest absolute Gasteiger partial charge is 0.244 e. The second-order valence-electron chi connectivity index (χ2n) is 4.07. The number of aromatic amines is 1. The number of sulfonamides is 1. The van der Waals surface area contributed by atoms with Gasteiger partial charge in [0.15, 0.2) is 17.5 Å². The lowest BCUT2D eigenvalue weighted by Crippen LogP contribution is -2.25. The Morgan fingerprint density at radius 2 is 2.05 bits per heavy atom. The maximum absolute atomic E-state index is 13.7. The number of hydrogen-bond acceptors (Lipinski definition) is 6. The Kier molecular flexibility index (Phi) is 4.55. The first-order valence-electron chi connectivity index (χ1n) is 5.78. The molecular weight excluding hydrogens is 306 g/mol. The number of nitrogens with one attached hydrogen (secondary N) is 3. The average Bonchev–Trinajstić information content (AvgIpc) is 2.94. The number of benzene rings is 1. The van der Waals surface area contributed by atoms with Crippen LogP contribution < -0.4 is 10.0 Å². The average molecular weight is 318 g/mol. The highest BCUT2D eigenvalue weighted by Crippen LogP contribution is 2.20. The van der Waals surface area contributed by atoms with E-state index < -0.39 is 26.6 Å². The van der Waals surface area contributed by atoms with Crippen LogP contribution >= 0.6 is 0 Å². The highest BCUT2D eigenvalue weighted by molar-refractivity contribution is 7.89. The third-order valence-electron chi connectivity index (χ3n) is 2.53. The number of H-pyrrole nitrogens is 1. The molecule has 21 heavy (non-hydrogen) atoms. The predicted octanol–water partition coefficient (Wildman–Crippen LogP) is -0.324. The van der Waals surface area contributed by atoms with Crippen molar-refractivity contribution >= 4 is 10.0 Å². The molecule has 0 spiro atoms. The van der Waals surface area contributed by atoms with Gasteiger partial charge < -0.3 is 5.32 Å². The molecule has 2 aromatic rings. The van der Waals surface area contributed by atoms with Crippen LogP contribution in [0.1, 0.15) is 11.4 Å². The standard InChI is InChI=1S/C10H12F2N6O2S/c1-13-4-6-2-7(11)10(12)8(3-6)21(19,20)14-5-9-15-17-18-16-9/h2-3,13-14H,4-5H2,1H3,(H,15,16,17,18). The molecule has 0 amide bonds. The van der Waals surface area contributed by atoms with E-state index >= 15 is 0 Å². The summed E-state index contributed by atoms with van der Waals surface area (Å²) in [6.07, 6.45) is 0. The molecule has 3 N–H and O–H groups in total. The van der Waals surface area contributed by atoms with Crippen molar-refractivity contribution in [3.05, 3.63) is 35.2 Å². The largest absolute Gasteiger partial charge is 0.316 e. The second-order valence-corrected chi connectivity index (χ2v) is 5.81. The Balaban J connectivity index is 2.30. The van der Waals surface area contributed by atoms with Gasteiger partial charge in [0.1, 0.15) is 4.90 Å². The molecule has 0 unspecified atom stereocenters. The molecule has 0 fully saturated rings. The first-order valence-corrected chi connectivity index (χ1v) is 7.27. The Labute approximate surface area is 119 Å². The molecule has 0 aliphatic rings. The lowest BCUT2D eigenvalue weighted by Gasteiger charge is -2.09. The van der Waals surface area contributed by atoms with E-state index in [-0.39, 0.29) is 18.9 Å². The fourth-order valence-corrected chi connectivity index (χ4v) is 2.73. The summed E-state index contributed by atoms with van der Waals surface area (Å²) in [6, 6.07) is 2.00. The van der Waals surface area contributed by atoms with E-state index in [0.717, 1.165) is 12.1 Å². The minimum atomic E-state index is -4.24. The van der Waals surface area contributed by atoms with Crippen molar-refractivity contribution in [3.8, 4) is 0 Å². The normalized spacial score (nSPS) is 11.8. The summed E-state index contributed by atoms with van der Waals surface area (Å²) in [6.45, 7) is -0.0965. The summed E-state index contributed by atoms with van der Waals surface area (Å²) in [4.78, 5) is -0.767. The van der Waals surface area contributed by atoms with Crippen molar-refractivity contribution in [2.24, 2.45) is 0 Å². The monoisotopic (exact) mass is 318 g/mol. The fourth-order valence-electron chi connectivity index (χ4n) is 1.61. The van der Waals surface area contributed by atoms with Gasteiger partial charge in [-0.25, -0.2) is 21.9 Å². The fraction of sp³-hybridized carbons (Fsp3) is 0.300. The van der Waals surface area contributed by atoms with Crippen molar-refractivity contribution < 1.29 is 17.2 Å². The first-order chi connectivity index (χ1) is 9.94. The van der Waals surface area contributed by atoms with Gasteiger partial charge >= 0.3 is 0 Å². The molecule has 1 aromatic carbocycles.